The lowest BCUT2D eigenvalue weighted by molar-refractivity contribution is -0.137. The molecule has 1 heterocycles. The van der Waals surface area contributed by atoms with E-state index < -0.39 is 22.0 Å². The molecule has 2 N–H and O–H groups in total. The maximum Gasteiger partial charge on any atom is 0.305 e. The van der Waals surface area contributed by atoms with Gasteiger partial charge in [-0.05, 0) is 23.8 Å². The van der Waals surface area contributed by atoms with Crippen LogP contribution in [0.25, 0.3) is 0 Å². The van der Waals surface area contributed by atoms with Crippen molar-refractivity contribution in [2.24, 2.45) is 0 Å². The molecule has 0 fully saturated rings. The Morgan fingerprint density at radius 3 is 2.50 bits per heavy atom. The van der Waals surface area contributed by atoms with Gasteiger partial charge < -0.3 is 14.3 Å². The number of ether oxygens (including phenoxy) is 1. The molecule has 2 rings (SSSR count). The maximum atomic E-state index is 12.2. The standard InChI is InChI=1S/C14H15NO6S/c1-20-11-4-2-10(3-5-11)13(8-14(16)17)15-22(18,19)12-6-7-21-9-12/h2-7,9,13,15H,8H2,1H3,(H,16,17). The van der Waals surface area contributed by atoms with E-state index in [1.807, 2.05) is 0 Å². The number of sulfonamides is 1. The molecular formula is C14H15NO6S. The summed E-state index contributed by atoms with van der Waals surface area (Å²) in [5, 5.41) is 9.00. The van der Waals surface area contributed by atoms with Gasteiger partial charge in [0.1, 0.15) is 16.9 Å². The lowest BCUT2D eigenvalue weighted by atomic mass is 10.0. The van der Waals surface area contributed by atoms with Crippen molar-refractivity contribution in [1.29, 1.82) is 0 Å². The minimum Gasteiger partial charge on any atom is -0.497 e. The first-order chi connectivity index (χ1) is 10.4. The largest absolute Gasteiger partial charge is 0.497 e. The van der Waals surface area contributed by atoms with Gasteiger partial charge in [0.2, 0.25) is 10.0 Å². The summed E-state index contributed by atoms with van der Waals surface area (Å²) in [5.74, 6) is -0.522. The van der Waals surface area contributed by atoms with Crippen LogP contribution in [0.3, 0.4) is 0 Å². The molecule has 1 aromatic heterocycles. The number of rotatable bonds is 7. The number of hydrogen-bond donors (Lipinski definition) is 2. The number of furan rings is 1. The summed E-state index contributed by atoms with van der Waals surface area (Å²) in [5.41, 5.74) is 0.523. The van der Waals surface area contributed by atoms with E-state index in [4.69, 9.17) is 14.3 Å². The van der Waals surface area contributed by atoms with Gasteiger partial charge in [-0.25, -0.2) is 13.1 Å². The van der Waals surface area contributed by atoms with Crippen molar-refractivity contribution in [2.75, 3.05) is 7.11 Å². The van der Waals surface area contributed by atoms with Gasteiger partial charge in [0.25, 0.3) is 0 Å². The molecule has 0 aliphatic heterocycles. The van der Waals surface area contributed by atoms with Crippen LogP contribution in [-0.4, -0.2) is 26.6 Å². The van der Waals surface area contributed by atoms with Crippen molar-refractivity contribution in [3.05, 3.63) is 48.4 Å². The number of methoxy groups -OCH3 is 1. The Balaban J connectivity index is 2.28. The lowest BCUT2D eigenvalue weighted by Gasteiger charge is -2.17. The first-order valence-electron chi connectivity index (χ1n) is 6.32. The van der Waals surface area contributed by atoms with Crippen molar-refractivity contribution in [3.63, 3.8) is 0 Å². The molecule has 22 heavy (non-hydrogen) atoms. The Labute approximate surface area is 127 Å². The van der Waals surface area contributed by atoms with Gasteiger partial charge in [-0.1, -0.05) is 12.1 Å². The number of hydrogen-bond acceptors (Lipinski definition) is 5. The Hall–Kier alpha value is -2.32. The fourth-order valence-corrected chi connectivity index (χ4v) is 3.05. The second-order valence-corrected chi connectivity index (χ2v) is 6.22. The molecule has 0 spiro atoms. The number of benzene rings is 1. The van der Waals surface area contributed by atoms with Crippen molar-refractivity contribution < 1.29 is 27.5 Å². The van der Waals surface area contributed by atoms with E-state index in [9.17, 15) is 13.2 Å². The van der Waals surface area contributed by atoms with Gasteiger partial charge in [0.15, 0.2) is 0 Å². The lowest BCUT2D eigenvalue weighted by Crippen LogP contribution is -2.30. The highest BCUT2D eigenvalue weighted by Crippen LogP contribution is 2.23. The van der Waals surface area contributed by atoms with Crippen LogP contribution in [0.2, 0.25) is 0 Å². The van der Waals surface area contributed by atoms with Crippen molar-refractivity contribution in [2.45, 2.75) is 17.4 Å². The van der Waals surface area contributed by atoms with Gasteiger partial charge in [-0.2, -0.15) is 0 Å². The monoisotopic (exact) mass is 325 g/mol. The van der Waals surface area contributed by atoms with Crippen LogP contribution in [0.5, 0.6) is 5.75 Å². The zero-order valence-electron chi connectivity index (χ0n) is 11.7. The summed E-state index contributed by atoms with van der Waals surface area (Å²) in [7, 11) is -2.36. The minimum absolute atomic E-state index is 0.0589. The maximum absolute atomic E-state index is 12.2. The summed E-state index contributed by atoms with van der Waals surface area (Å²) in [6.07, 6.45) is 1.92. The minimum atomic E-state index is -3.86. The highest BCUT2D eigenvalue weighted by molar-refractivity contribution is 7.89. The second-order valence-electron chi connectivity index (χ2n) is 4.50. The number of nitrogens with one attached hydrogen (secondary N) is 1. The van der Waals surface area contributed by atoms with Crippen LogP contribution in [0.4, 0.5) is 0 Å². The predicted octanol–water partition coefficient (Wildman–Crippen LogP) is 1.78. The van der Waals surface area contributed by atoms with E-state index in [-0.39, 0.29) is 11.3 Å². The Kier molecular flexibility index (Phi) is 4.84. The van der Waals surface area contributed by atoms with Gasteiger partial charge in [-0.3, -0.25) is 4.79 Å². The number of carbonyl (C=O) groups is 1. The van der Waals surface area contributed by atoms with E-state index in [1.54, 1.807) is 24.3 Å². The third-order valence-electron chi connectivity index (χ3n) is 3.00. The number of carboxylic acids is 1. The fraction of sp³-hybridized carbons (Fsp3) is 0.214. The van der Waals surface area contributed by atoms with Crippen molar-refractivity contribution >= 4 is 16.0 Å². The number of carboxylic acid groups (broad SMARTS) is 1. The molecule has 2 aromatic rings. The fourth-order valence-electron chi connectivity index (χ4n) is 1.90. The quantitative estimate of drug-likeness (QED) is 0.804. The summed E-state index contributed by atoms with van der Waals surface area (Å²) in [6.45, 7) is 0. The zero-order chi connectivity index (χ0) is 16.2. The number of aliphatic carboxylic acids is 1. The highest BCUT2D eigenvalue weighted by atomic mass is 32.2. The van der Waals surface area contributed by atoms with Crippen LogP contribution in [0.1, 0.15) is 18.0 Å². The Morgan fingerprint density at radius 1 is 1.32 bits per heavy atom. The highest BCUT2D eigenvalue weighted by Gasteiger charge is 2.24. The van der Waals surface area contributed by atoms with Crippen LogP contribution >= 0.6 is 0 Å². The average Bonchev–Trinajstić information content (AvgIpc) is 3.01. The van der Waals surface area contributed by atoms with E-state index in [2.05, 4.69) is 4.72 Å². The molecule has 1 aromatic carbocycles. The SMILES string of the molecule is COc1ccc(C(CC(=O)O)NS(=O)(=O)c2ccoc2)cc1. The van der Waals surface area contributed by atoms with Crippen LogP contribution < -0.4 is 9.46 Å². The van der Waals surface area contributed by atoms with E-state index in [0.717, 1.165) is 6.26 Å². The van der Waals surface area contributed by atoms with Gasteiger partial charge in [0.05, 0.1) is 25.8 Å². The average molecular weight is 325 g/mol. The van der Waals surface area contributed by atoms with Crippen molar-refractivity contribution in [3.8, 4) is 5.75 Å². The third kappa shape index (κ3) is 3.86. The van der Waals surface area contributed by atoms with Gasteiger partial charge in [-0.15, -0.1) is 0 Å². The molecule has 0 saturated carbocycles. The molecule has 118 valence electrons. The normalized spacial score (nSPS) is 12.8. The molecule has 0 aliphatic rings. The summed E-state index contributed by atoms with van der Waals surface area (Å²) in [4.78, 5) is 10.9. The molecular weight excluding hydrogens is 310 g/mol. The summed E-state index contributed by atoms with van der Waals surface area (Å²) < 4.78 is 36.5. The van der Waals surface area contributed by atoms with Crippen LogP contribution in [0, 0.1) is 0 Å². The van der Waals surface area contributed by atoms with Crippen LogP contribution in [0.15, 0.2) is 52.2 Å². The summed E-state index contributed by atoms with van der Waals surface area (Å²) >= 11 is 0. The van der Waals surface area contributed by atoms with Crippen LogP contribution in [-0.2, 0) is 14.8 Å². The topological polar surface area (TPSA) is 106 Å². The Morgan fingerprint density at radius 2 is 2.00 bits per heavy atom. The molecule has 1 unspecified atom stereocenters. The Bertz CT molecular complexity index is 721. The molecule has 0 aliphatic carbocycles. The van der Waals surface area contributed by atoms with Gasteiger partial charge >= 0.3 is 5.97 Å². The third-order valence-corrected chi connectivity index (χ3v) is 4.45. The first-order valence-corrected chi connectivity index (χ1v) is 7.81. The van der Waals surface area contributed by atoms with E-state index >= 15 is 0 Å². The van der Waals surface area contributed by atoms with Gasteiger partial charge in [0, 0.05) is 0 Å². The molecule has 0 amide bonds. The smallest absolute Gasteiger partial charge is 0.305 e. The zero-order valence-corrected chi connectivity index (χ0v) is 12.5. The molecule has 8 heteroatoms. The molecule has 0 saturated heterocycles. The first kappa shape index (κ1) is 16.1. The van der Waals surface area contributed by atoms with E-state index in [0.29, 0.717) is 11.3 Å². The molecule has 0 bridgehead atoms. The summed E-state index contributed by atoms with van der Waals surface area (Å²) in [6, 6.07) is 6.89. The molecule has 1 atom stereocenters. The van der Waals surface area contributed by atoms with E-state index in [1.165, 1.54) is 19.4 Å². The second kappa shape index (κ2) is 6.63. The van der Waals surface area contributed by atoms with Crippen molar-refractivity contribution in [1.82, 2.24) is 4.72 Å². The molecule has 7 nitrogen and oxygen atoms in total. The predicted molar refractivity (Wildman–Crippen MR) is 77.0 cm³/mol. The molecule has 0 radical (unpaired) electrons.